The molecule has 0 aliphatic rings. The van der Waals surface area contributed by atoms with Gasteiger partial charge in [-0.25, -0.2) is 8.42 Å². The van der Waals surface area contributed by atoms with Crippen LogP contribution in [0.2, 0.25) is 0 Å². The maximum absolute atomic E-state index is 12.2. The Morgan fingerprint density at radius 3 is 2.62 bits per heavy atom. The molecule has 7 heteroatoms. The van der Waals surface area contributed by atoms with Gasteiger partial charge in [-0.2, -0.15) is 9.98 Å². The average Bonchev–Trinajstić information content (AvgIpc) is 2.44. The molecule has 1 unspecified atom stereocenters. The summed E-state index contributed by atoms with van der Waals surface area (Å²) in [6.45, 7) is 5.56. The van der Waals surface area contributed by atoms with Gasteiger partial charge in [0.25, 0.3) is 0 Å². The first-order valence-electron chi connectivity index (χ1n) is 6.62. The summed E-state index contributed by atoms with van der Waals surface area (Å²) in [5.41, 5.74) is 0.992. The molecule has 2 N–H and O–H groups in total. The maximum Gasteiger partial charge on any atom is 0.241 e. The van der Waals surface area contributed by atoms with Crippen LogP contribution >= 0.6 is 0 Å². The van der Waals surface area contributed by atoms with Crippen LogP contribution in [-0.4, -0.2) is 26.9 Å². The van der Waals surface area contributed by atoms with E-state index in [9.17, 15) is 13.2 Å². The van der Waals surface area contributed by atoms with Crippen molar-refractivity contribution < 1.29 is 13.2 Å². The average molecular weight is 309 g/mol. The molecule has 21 heavy (non-hydrogen) atoms. The van der Waals surface area contributed by atoms with Crippen LogP contribution in [0.5, 0.6) is 0 Å². The van der Waals surface area contributed by atoms with Crippen molar-refractivity contribution in [1.29, 1.82) is 5.26 Å². The van der Waals surface area contributed by atoms with E-state index in [0.29, 0.717) is 17.7 Å². The van der Waals surface area contributed by atoms with E-state index in [0.717, 1.165) is 6.42 Å². The summed E-state index contributed by atoms with van der Waals surface area (Å²) in [5, 5.41) is 11.5. The molecule has 114 valence electrons. The van der Waals surface area contributed by atoms with Gasteiger partial charge >= 0.3 is 0 Å². The van der Waals surface area contributed by atoms with Gasteiger partial charge in [-0.15, -0.1) is 0 Å². The second kappa shape index (κ2) is 7.20. The van der Waals surface area contributed by atoms with Gasteiger partial charge in [-0.3, -0.25) is 4.79 Å². The number of nitrogens with one attached hydrogen (secondary N) is 2. The topological polar surface area (TPSA) is 99.1 Å². The summed E-state index contributed by atoms with van der Waals surface area (Å²) in [6, 6.07) is 5.33. The number of hydrogen-bond donors (Lipinski definition) is 2. The Kier molecular flexibility index (Phi) is 5.88. The van der Waals surface area contributed by atoms with Gasteiger partial charge in [0.1, 0.15) is 0 Å². The molecule has 0 saturated carbocycles. The molecule has 0 radical (unpaired) electrons. The molecule has 0 aromatic heterocycles. The Labute approximate surface area is 125 Å². The smallest absolute Gasteiger partial charge is 0.241 e. The van der Waals surface area contributed by atoms with Crippen molar-refractivity contribution >= 4 is 15.9 Å². The first-order valence-corrected chi connectivity index (χ1v) is 8.11. The van der Waals surface area contributed by atoms with Crippen molar-refractivity contribution in [2.45, 2.75) is 38.1 Å². The van der Waals surface area contributed by atoms with Crippen molar-refractivity contribution in [2.24, 2.45) is 0 Å². The number of rotatable bonds is 6. The SMILES string of the molecule is CCCNC(=O)C(C)NS(=O)(=O)c1ccc(C#N)c(C)c1. The number of nitrogens with zero attached hydrogens (tertiary/aromatic N) is 1. The Morgan fingerprint density at radius 1 is 1.43 bits per heavy atom. The minimum atomic E-state index is -3.80. The van der Waals surface area contributed by atoms with Crippen LogP contribution in [0.3, 0.4) is 0 Å². The van der Waals surface area contributed by atoms with E-state index in [2.05, 4.69) is 10.0 Å². The van der Waals surface area contributed by atoms with Crippen LogP contribution in [-0.2, 0) is 14.8 Å². The molecular formula is C14H19N3O3S. The van der Waals surface area contributed by atoms with E-state index in [1.54, 1.807) is 6.92 Å². The Hall–Kier alpha value is -1.91. The fourth-order valence-corrected chi connectivity index (χ4v) is 2.97. The van der Waals surface area contributed by atoms with E-state index in [-0.39, 0.29) is 10.8 Å². The van der Waals surface area contributed by atoms with Crippen LogP contribution in [0.4, 0.5) is 0 Å². The minimum absolute atomic E-state index is 0.0362. The molecule has 1 rings (SSSR count). The van der Waals surface area contributed by atoms with Crippen LogP contribution in [0, 0.1) is 18.3 Å². The quantitative estimate of drug-likeness (QED) is 0.820. The van der Waals surface area contributed by atoms with E-state index in [4.69, 9.17) is 5.26 Å². The lowest BCUT2D eigenvalue weighted by molar-refractivity contribution is -0.122. The lowest BCUT2D eigenvalue weighted by atomic mass is 10.1. The van der Waals surface area contributed by atoms with Crippen LogP contribution in [0.1, 0.15) is 31.4 Å². The standard InChI is InChI=1S/C14H19N3O3S/c1-4-7-16-14(18)11(3)17-21(19,20)13-6-5-12(9-15)10(2)8-13/h5-6,8,11,17H,4,7H2,1-3H3,(H,16,18). The van der Waals surface area contributed by atoms with Crippen LogP contribution in [0.25, 0.3) is 0 Å². The summed E-state index contributed by atoms with van der Waals surface area (Å²) in [6.07, 6.45) is 0.778. The number of aryl methyl sites for hydroxylation is 1. The highest BCUT2D eigenvalue weighted by atomic mass is 32.2. The highest BCUT2D eigenvalue weighted by molar-refractivity contribution is 7.89. The van der Waals surface area contributed by atoms with Gasteiger partial charge in [0, 0.05) is 6.54 Å². The van der Waals surface area contributed by atoms with Gasteiger partial charge in [0.2, 0.25) is 15.9 Å². The number of carbonyl (C=O) groups excluding carboxylic acids is 1. The fraction of sp³-hybridized carbons (Fsp3) is 0.429. The Bertz CT molecular complexity index is 663. The molecule has 6 nitrogen and oxygen atoms in total. The third kappa shape index (κ3) is 4.55. The van der Waals surface area contributed by atoms with Gasteiger partial charge < -0.3 is 5.32 Å². The first kappa shape index (κ1) is 17.1. The molecule has 1 aromatic carbocycles. The number of benzene rings is 1. The van der Waals surface area contributed by atoms with Gasteiger partial charge in [0.15, 0.2) is 0 Å². The molecule has 0 spiro atoms. The monoisotopic (exact) mass is 309 g/mol. The van der Waals surface area contributed by atoms with Crippen molar-refractivity contribution in [2.75, 3.05) is 6.54 Å². The molecule has 0 fully saturated rings. The zero-order valence-electron chi connectivity index (χ0n) is 12.3. The predicted octanol–water partition coefficient (Wildman–Crippen LogP) is 1.06. The normalized spacial score (nSPS) is 12.5. The lowest BCUT2D eigenvalue weighted by Gasteiger charge is -2.14. The minimum Gasteiger partial charge on any atom is -0.355 e. The molecule has 1 amide bonds. The molecule has 0 saturated heterocycles. The lowest BCUT2D eigenvalue weighted by Crippen LogP contribution is -2.44. The Morgan fingerprint density at radius 2 is 2.10 bits per heavy atom. The largest absolute Gasteiger partial charge is 0.355 e. The number of nitriles is 1. The van der Waals surface area contributed by atoms with E-state index in [1.165, 1.54) is 25.1 Å². The molecule has 0 heterocycles. The third-order valence-corrected chi connectivity index (χ3v) is 4.44. The molecule has 0 bridgehead atoms. The van der Waals surface area contributed by atoms with E-state index < -0.39 is 16.1 Å². The third-order valence-electron chi connectivity index (χ3n) is 2.90. The summed E-state index contributed by atoms with van der Waals surface area (Å²) < 4.78 is 26.7. The summed E-state index contributed by atoms with van der Waals surface area (Å²) in [5.74, 6) is -0.370. The van der Waals surface area contributed by atoms with Crippen molar-refractivity contribution in [3.8, 4) is 6.07 Å². The predicted molar refractivity (Wildman–Crippen MR) is 79.0 cm³/mol. The maximum atomic E-state index is 12.2. The van der Waals surface area contributed by atoms with Crippen molar-refractivity contribution in [3.63, 3.8) is 0 Å². The molecule has 0 aliphatic carbocycles. The van der Waals surface area contributed by atoms with E-state index in [1.807, 2.05) is 13.0 Å². The van der Waals surface area contributed by atoms with Crippen LogP contribution in [0.15, 0.2) is 23.1 Å². The molecule has 0 aliphatic heterocycles. The van der Waals surface area contributed by atoms with Gasteiger partial charge in [-0.1, -0.05) is 6.92 Å². The summed E-state index contributed by atoms with van der Waals surface area (Å²) >= 11 is 0. The van der Waals surface area contributed by atoms with Gasteiger partial charge in [0.05, 0.1) is 22.6 Å². The second-order valence-corrected chi connectivity index (χ2v) is 6.44. The Balaban J connectivity index is 2.89. The zero-order valence-corrected chi connectivity index (χ0v) is 13.1. The second-order valence-electron chi connectivity index (χ2n) is 4.72. The summed E-state index contributed by atoms with van der Waals surface area (Å²) in [7, 11) is -3.80. The fourth-order valence-electron chi connectivity index (χ4n) is 1.68. The number of sulfonamides is 1. The highest BCUT2D eigenvalue weighted by Crippen LogP contribution is 2.15. The molecule has 1 atom stereocenters. The van der Waals surface area contributed by atoms with E-state index >= 15 is 0 Å². The number of amides is 1. The molecule has 1 aromatic rings. The van der Waals surface area contributed by atoms with Crippen molar-refractivity contribution in [3.05, 3.63) is 29.3 Å². The molecular weight excluding hydrogens is 290 g/mol. The highest BCUT2D eigenvalue weighted by Gasteiger charge is 2.22. The summed E-state index contributed by atoms with van der Waals surface area (Å²) in [4.78, 5) is 11.7. The first-order chi connectivity index (χ1) is 9.81. The van der Waals surface area contributed by atoms with Crippen molar-refractivity contribution in [1.82, 2.24) is 10.0 Å². The number of hydrogen-bond acceptors (Lipinski definition) is 4. The van der Waals surface area contributed by atoms with Crippen LogP contribution < -0.4 is 10.0 Å². The number of carbonyl (C=O) groups is 1. The zero-order chi connectivity index (χ0) is 16.0. The van der Waals surface area contributed by atoms with Gasteiger partial charge in [-0.05, 0) is 44.0 Å².